The highest BCUT2D eigenvalue weighted by Crippen LogP contribution is 2.29. The molecule has 6 nitrogen and oxygen atoms in total. The SMILES string of the molecule is COc1ccc(/C=C/C(=O)NCC2CCC(C(=O)O)CC2)cc1OC. The van der Waals surface area contributed by atoms with Gasteiger partial charge < -0.3 is 19.9 Å². The lowest BCUT2D eigenvalue weighted by Gasteiger charge is -2.25. The summed E-state index contributed by atoms with van der Waals surface area (Å²) in [6.07, 6.45) is 6.28. The Balaban J connectivity index is 1.80. The van der Waals surface area contributed by atoms with Crippen molar-refractivity contribution in [3.8, 4) is 11.5 Å². The van der Waals surface area contributed by atoms with Crippen molar-refractivity contribution in [1.82, 2.24) is 5.32 Å². The number of carbonyl (C=O) groups excluding carboxylic acids is 1. The van der Waals surface area contributed by atoms with Crippen molar-refractivity contribution in [1.29, 1.82) is 0 Å². The number of benzene rings is 1. The van der Waals surface area contributed by atoms with E-state index in [0.29, 0.717) is 36.8 Å². The Kier molecular flexibility index (Phi) is 6.86. The van der Waals surface area contributed by atoms with Crippen molar-refractivity contribution in [3.05, 3.63) is 29.8 Å². The van der Waals surface area contributed by atoms with Gasteiger partial charge in [-0.15, -0.1) is 0 Å². The number of nitrogens with one attached hydrogen (secondary N) is 1. The summed E-state index contributed by atoms with van der Waals surface area (Å²) in [7, 11) is 3.14. The third-order valence-electron chi connectivity index (χ3n) is 4.60. The zero-order valence-corrected chi connectivity index (χ0v) is 14.7. The van der Waals surface area contributed by atoms with Crippen LogP contribution in [0.2, 0.25) is 0 Å². The first-order valence-corrected chi connectivity index (χ1v) is 8.44. The maximum atomic E-state index is 12.0. The molecule has 1 amide bonds. The summed E-state index contributed by atoms with van der Waals surface area (Å²) in [5.74, 6) is 0.516. The molecule has 1 fully saturated rings. The van der Waals surface area contributed by atoms with Gasteiger partial charge in [-0.05, 0) is 55.4 Å². The summed E-state index contributed by atoms with van der Waals surface area (Å²) in [4.78, 5) is 22.9. The normalized spacial score (nSPS) is 20.2. The van der Waals surface area contributed by atoms with Gasteiger partial charge in [0.25, 0.3) is 0 Å². The molecule has 2 rings (SSSR count). The van der Waals surface area contributed by atoms with Crippen LogP contribution in [-0.4, -0.2) is 37.7 Å². The maximum absolute atomic E-state index is 12.0. The number of carbonyl (C=O) groups is 2. The van der Waals surface area contributed by atoms with Crippen molar-refractivity contribution in [3.63, 3.8) is 0 Å². The highest BCUT2D eigenvalue weighted by Gasteiger charge is 2.25. The van der Waals surface area contributed by atoms with Crippen LogP contribution in [-0.2, 0) is 9.59 Å². The summed E-state index contributed by atoms with van der Waals surface area (Å²) < 4.78 is 10.4. The number of aliphatic carboxylic acids is 1. The molecular weight excluding hydrogens is 322 g/mol. The highest BCUT2D eigenvalue weighted by molar-refractivity contribution is 5.91. The Bertz CT molecular complexity index is 633. The monoisotopic (exact) mass is 347 g/mol. The van der Waals surface area contributed by atoms with Gasteiger partial charge in [-0.3, -0.25) is 9.59 Å². The van der Waals surface area contributed by atoms with E-state index in [4.69, 9.17) is 14.6 Å². The molecule has 0 saturated heterocycles. The van der Waals surface area contributed by atoms with Gasteiger partial charge in [-0.25, -0.2) is 0 Å². The second-order valence-electron chi connectivity index (χ2n) is 6.25. The molecule has 136 valence electrons. The number of hydrogen-bond donors (Lipinski definition) is 2. The smallest absolute Gasteiger partial charge is 0.306 e. The first-order chi connectivity index (χ1) is 12.0. The molecule has 1 aromatic rings. The van der Waals surface area contributed by atoms with Crippen molar-refractivity contribution >= 4 is 18.0 Å². The average molecular weight is 347 g/mol. The third-order valence-corrected chi connectivity index (χ3v) is 4.60. The van der Waals surface area contributed by atoms with E-state index in [-0.39, 0.29) is 11.8 Å². The minimum atomic E-state index is -0.708. The van der Waals surface area contributed by atoms with Crippen molar-refractivity contribution in [2.75, 3.05) is 20.8 Å². The molecule has 0 aliphatic heterocycles. The van der Waals surface area contributed by atoms with Gasteiger partial charge in [0.1, 0.15) is 0 Å². The van der Waals surface area contributed by atoms with E-state index in [0.717, 1.165) is 18.4 Å². The number of hydrogen-bond acceptors (Lipinski definition) is 4. The van der Waals surface area contributed by atoms with Crippen LogP contribution in [0.5, 0.6) is 11.5 Å². The topological polar surface area (TPSA) is 84.9 Å². The number of amides is 1. The van der Waals surface area contributed by atoms with Gasteiger partial charge in [0.05, 0.1) is 20.1 Å². The largest absolute Gasteiger partial charge is 0.493 e. The van der Waals surface area contributed by atoms with Crippen LogP contribution in [0.25, 0.3) is 6.08 Å². The van der Waals surface area contributed by atoms with E-state index in [1.807, 2.05) is 6.07 Å². The third kappa shape index (κ3) is 5.52. The van der Waals surface area contributed by atoms with Gasteiger partial charge in [0.15, 0.2) is 11.5 Å². The number of methoxy groups -OCH3 is 2. The lowest BCUT2D eigenvalue weighted by molar-refractivity contribution is -0.143. The first kappa shape index (κ1) is 18.8. The molecular formula is C19H25NO5. The fraction of sp³-hybridized carbons (Fsp3) is 0.474. The lowest BCUT2D eigenvalue weighted by Crippen LogP contribution is -2.31. The van der Waals surface area contributed by atoms with Crippen LogP contribution in [0.1, 0.15) is 31.2 Å². The van der Waals surface area contributed by atoms with Gasteiger partial charge in [0, 0.05) is 12.6 Å². The zero-order valence-electron chi connectivity index (χ0n) is 14.7. The number of ether oxygens (including phenoxy) is 2. The molecule has 0 atom stereocenters. The Morgan fingerprint density at radius 2 is 1.84 bits per heavy atom. The van der Waals surface area contributed by atoms with Crippen molar-refractivity contribution < 1.29 is 24.2 Å². The van der Waals surface area contributed by atoms with E-state index in [1.54, 1.807) is 32.4 Å². The van der Waals surface area contributed by atoms with E-state index < -0.39 is 5.97 Å². The molecule has 1 aliphatic carbocycles. The van der Waals surface area contributed by atoms with Gasteiger partial charge >= 0.3 is 5.97 Å². The molecule has 0 unspecified atom stereocenters. The fourth-order valence-corrected chi connectivity index (χ4v) is 3.05. The summed E-state index contributed by atoms with van der Waals surface area (Å²) >= 11 is 0. The van der Waals surface area contributed by atoms with Gasteiger partial charge in [0.2, 0.25) is 5.91 Å². The average Bonchev–Trinajstić information content (AvgIpc) is 2.64. The minimum Gasteiger partial charge on any atom is -0.493 e. The maximum Gasteiger partial charge on any atom is 0.306 e. The van der Waals surface area contributed by atoms with Crippen molar-refractivity contribution in [2.45, 2.75) is 25.7 Å². The van der Waals surface area contributed by atoms with Crippen LogP contribution < -0.4 is 14.8 Å². The molecule has 0 bridgehead atoms. The van der Waals surface area contributed by atoms with Crippen LogP contribution in [0, 0.1) is 11.8 Å². The molecule has 0 heterocycles. The van der Waals surface area contributed by atoms with Crippen LogP contribution >= 0.6 is 0 Å². The molecule has 0 aromatic heterocycles. The van der Waals surface area contributed by atoms with Crippen LogP contribution in [0.3, 0.4) is 0 Å². The molecule has 1 saturated carbocycles. The predicted molar refractivity (Wildman–Crippen MR) is 94.7 cm³/mol. The highest BCUT2D eigenvalue weighted by atomic mass is 16.5. The molecule has 2 N–H and O–H groups in total. The molecule has 6 heteroatoms. The number of rotatable bonds is 7. The van der Waals surface area contributed by atoms with Crippen molar-refractivity contribution in [2.24, 2.45) is 11.8 Å². The minimum absolute atomic E-state index is 0.157. The fourth-order valence-electron chi connectivity index (χ4n) is 3.05. The summed E-state index contributed by atoms with van der Waals surface area (Å²) in [5, 5.41) is 11.9. The molecule has 1 aromatic carbocycles. The Morgan fingerprint density at radius 1 is 1.16 bits per heavy atom. The summed E-state index contributed by atoms with van der Waals surface area (Å²) in [5.41, 5.74) is 0.842. The zero-order chi connectivity index (χ0) is 18.2. The van der Waals surface area contributed by atoms with Gasteiger partial charge in [-0.2, -0.15) is 0 Å². The second kappa shape index (κ2) is 9.11. The second-order valence-corrected chi connectivity index (χ2v) is 6.25. The standard InChI is InChI=1S/C19H25NO5/c1-24-16-9-5-13(11-17(16)25-2)6-10-18(21)20-12-14-3-7-15(8-4-14)19(22)23/h5-6,9-11,14-15H,3-4,7-8,12H2,1-2H3,(H,20,21)(H,22,23)/b10-6+. The predicted octanol–water partition coefficient (Wildman–Crippen LogP) is 2.72. The summed E-state index contributed by atoms with van der Waals surface area (Å²) in [6.45, 7) is 0.585. The molecule has 0 spiro atoms. The molecule has 0 radical (unpaired) electrons. The number of carboxylic acids is 1. The quantitative estimate of drug-likeness (QED) is 0.741. The first-order valence-electron chi connectivity index (χ1n) is 8.44. The van der Waals surface area contributed by atoms with E-state index in [9.17, 15) is 9.59 Å². The Morgan fingerprint density at radius 3 is 2.44 bits per heavy atom. The van der Waals surface area contributed by atoms with E-state index >= 15 is 0 Å². The Hall–Kier alpha value is -2.50. The molecule has 25 heavy (non-hydrogen) atoms. The Labute approximate surface area is 147 Å². The van der Waals surface area contributed by atoms with E-state index in [2.05, 4.69) is 5.32 Å². The van der Waals surface area contributed by atoms with Crippen LogP contribution in [0.4, 0.5) is 0 Å². The number of carboxylic acid groups (broad SMARTS) is 1. The molecule has 1 aliphatic rings. The van der Waals surface area contributed by atoms with Gasteiger partial charge in [-0.1, -0.05) is 6.07 Å². The lowest BCUT2D eigenvalue weighted by atomic mass is 9.82. The summed E-state index contributed by atoms with van der Waals surface area (Å²) in [6, 6.07) is 5.44. The van der Waals surface area contributed by atoms with E-state index in [1.165, 1.54) is 6.08 Å². The van der Waals surface area contributed by atoms with Crippen LogP contribution in [0.15, 0.2) is 24.3 Å².